The molecule has 0 saturated carbocycles. The Balaban J connectivity index is 1.71. The van der Waals surface area contributed by atoms with Crippen LogP contribution in [-0.4, -0.2) is 28.3 Å². The van der Waals surface area contributed by atoms with Crippen molar-refractivity contribution in [2.45, 2.75) is 31.8 Å². The SMILES string of the molecule is CCn1cc(-c2noc(CNS(=O)(=O)c3ccc(C)c(F)c3)n2)cn1. The van der Waals surface area contributed by atoms with Crippen LogP contribution in [-0.2, 0) is 23.1 Å². The number of halogens is 1. The monoisotopic (exact) mass is 365 g/mol. The first-order valence-corrected chi connectivity index (χ1v) is 8.98. The summed E-state index contributed by atoms with van der Waals surface area (Å²) in [5.74, 6) is -0.179. The van der Waals surface area contributed by atoms with Crippen LogP contribution >= 0.6 is 0 Å². The molecular formula is C15H16FN5O3S. The van der Waals surface area contributed by atoms with Crippen molar-refractivity contribution in [1.82, 2.24) is 24.6 Å². The number of hydrogen-bond donors (Lipinski definition) is 1. The van der Waals surface area contributed by atoms with Crippen molar-refractivity contribution in [1.29, 1.82) is 0 Å². The Morgan fingerprint density at radius 3 is 2.84 bits per heavy atom. The topological polar surface area (TPSA) is 103 Å². The molecular weight excluding hydrogens is 349 g/mol. The predicted octanol–water partition coefficient (Wildman–Crippen LogP) is 1.88. The van der Waals surface area contributed by atoms with Crippen LogP contribution in [0.15, 0.2) is 40.0 Å². The number of aromatic nitrogens is 4. The predicted molar refractivity (Wildman–Crippen MR) is 86.4 cm³/mol. The first-order chi connectivity index (χ1) is 11.9. The molecule has 1 aromatic carbocycles. The summed E-state index contributed by atoms with van der Waals surface area (Å²) in [7, 11) is -3.89. The van der Waals surface area contributed by atoms with Crippen molar-refractivity contribution >= 4 is 10.0 Å². The molecule has 0 spiro atoms. The zero-order valence-corrected chi connectivity index (χ0v) is 14.4. The van der Waals surface area contributed by atoms with E-state index in [0.29, 0.717) is 23.5 Å². The molecule has 0 atom stereocenters. The number of benzene rings is 1. The van der Waals surface area contributed by atoms with Crippen LogP contribution in [0, 0.1) is 12.7 Å². The molecule has 8 nitrogen and oxygen atoms in total. The molecule has 3 rings (SSSR count). The van der Waals surface area contributed by atoms with Gasteiger partial charge in [0.1, 0.15) is 5.82 Å². The smallest absolute Gasteiger partial charge is 0.242 e. The van der Waals surface area contributed by atoms with E-state index in [0.717, 1.165) is 6.07 Å². The maximum Gasteiger partial charge on any atom is 0.242 e. The molecule has 0 fully saturated rings. The Bertz CT molecular complexity index is 996. The van der Waals surface area contributed by atoms with Gasteiger partial charge in [-0.2, -0.15) is 10.1 Å². The summed E-state index contributed by atoms with van der Waals surface area (Å²) in [6.45, 7) is 4.01. The molecule has 2 aromatic heterocycles. The third kappa shape index (κ3) is 3.74. The molecule has 0 amide bonds. The maximum absolute atomic E-state index is 13.6. The maximum atomic E-state index is 13.6. The number of aryl methyl sites for hydroxylation is 2. The van der Waals surface area contributed by atoms with E-state index in [1.54, 1.807) is 24.0 Å². The molecule has 0 bridgehead atoms. The van der Waals surface area contributed by atoms with E-state index in [9.17, 15) is 12.8 Å². The molecule has 10 heteroatoms. The van der Waals surface area contributed by atoms with E-state index >= 15 is 0 Å². The van der Waals surface area contributed by atoms with Crippen molar-refractivity contribution in [3.8, 4) is 11.4 Å². The lowest BCUT2D eigenvalue weighted by molar-refractivity contribution is 0.376. The summed E-state index contributed by atoms with van der Waals surface area (Å²) in [6, 6.07) is 3.70. The molecule has 0 aliphatic rings. The van der Waals surface area contributed by atoms with Gasteiger partial charge in [0.25, 0.3) is 0 Å². The van der Waals surface area contributed by atoms with E-state index in [-0.39, 0.29) is 17.3 Å². The zero-order valence-electron chi connectivity index (χ0n) is 13.6. The lowest BCUT2D eigenvalue weighted by Gasteiger charge is -2.05. The minimum atomic E-state index is -3.89. The minimum absolute atomic E-state index is 0.0930. The van der Waals surface area contributed by atoms with Crippen LogP contribution in [0.4, 0.5) is 4.39 Å². The van der Waals surface area contributed by atoms with Crippen LogP contribution in [0.25, 0.3) is 11.4 Å². The molecule has 25 heavy (non-hydrogen) atoms. The summed E-state index contributed by atoms with van der Waals surface area (Å²) >= 11 is 0. The highest BCUT2D eigenvalue weighted by atomic mass is 32.2. The number of nitrogens with zero attached hydrogens (tertiary/aromatic N) is 4. The van der Waals surface area contributed by atoms with Gasteiger partial charge in [0.2, 0.25) is 21.7 Å². The normalized spacial score (nSPS) is 11.8. The van der Waals surface area contributed by atoms with E-state index in [4.69, 9.17) is 4.52 Å². The fraction of sp³-hybridized carbons (Fsp3) is 0.267. The molecule has 2 heterocycles. The number of rotatable bonds is 6. The largest absolute Gasteiger partial charge is 0.338 e. The number of sulfonamides is 1. The Morgan fingerprint density at radius 1 is 1.36 bits per heavy atom. The average Bonchev–Trinajstić information content (AvgIpc) is 3.24. The van der Waals surface area contributed by atoms with Gasteiger partial charge in [0.05, 0.1) is 23.2 Å². The van der Waals surface area contributed by atoms with E-state index < -0.39 is 15.8 Å². The molecule has 0 aliphatic heterocycles. The highest BCUT2D eigenvalue weighted by molar-refractivity contribution is 7.89. The van der Waals surface area contributed by atoms with Gasteiger partial charge in [-0.1, -0.05) is 11.2 Å². The van der Waals surface area contributed by atoms with Crippen LogP contribution in [0.2, 0.25) is 0 Å². The van der Waals surface area contributed by atoms with Crippen LogP contribution in [0.3, 0.4) is 0 Å². The summed E-state index contributed by atoms with van der Waals surface area (Å²) in [4.78, 5) is 3.96. The van der Waals surface area contributed by atoms with Gasteiger partial charge in [0, 0.05) is 12.7 Å². The van der Waals surface area contributed by atoms with Crippen molar-refractivity contribution in [3.63, 3.8) is 0 Å². The van der Waals surface area contributed by atoms with Crippen molar-refractivity contribution in [2.24, 2.45) is 0 Å². The quantitative estimate of drug-likeness (QED) is 0.715. The molecule has 3 aromatic rings. The second-order valence-electron chi connectivity index (χ2n) is 5.33. The van der Waals surface area contributed by atoms with Crippen molar-refractivity contribution in [2.75, 3.05) is 0 Å². The summed E-state index contributed by atoms with van der Waals surface area (Å²) in [5, 5.41) is 7.91. The summed E-state index contributed by atoms with van der Waals surface area (Å²) in [5.41, 5.74) is 1.04. The van der Waals surface area contributed by atoms with Gasteiger partial charge in [0.15, 0.2) is 0 Å². The van der Waals surface area contributed by atoms with Crippen molar-refractivity contribution < 1.29 is 17.3 Å². The average molecular weight is 365 g/mol. The van der Waals surface area contributed by atoms with Gasteiger partial charge in [-0.15, -0.1) is 0 Å². The standard InChI is InChI=1S/C15H16FN5O3S/c1-3-21-9-11(7-17-21)15-19-14(24-20-15)8-18-25(22,23)12-5-4-10(2)13(16)6-12/h4-7,9,18H,3,8H2,1-2H3. The zero-order chi connectivity index (χ0) is 18.0. The Labute approximate surface area is 143 Å². The fourth-order valence-electron chi connectivity index (χ4n) is 2.08. The summed E-state index contributed by atoms with van der Waals surface area (Å²) < 4.78 is 47.0. The highest BCUT2D eigenvalue weighted by Crippen LogP contribution is 2.16. The van der Waals surface area contributed by atoms with Gasteiger partial charge in [-0.25, -0.2) is 17.5 Å². The van der Waals surface area contributed by atoms with E-state index in [2.05, 4.69) is 20.0 Å². The third-order valence-electron chi connectivity index (χ3n) is 3.55. The number of hydrogen-bond acceptors (Lipinski definition) is 6. The van der Waals surface area contributed by atoms with E-state index in [1.807, 2.05) is 6.92 Å². The highest BCUT2D eigenvalue weighted by Gasteiger charge is 2.18. The second kappa shape index (κ2) is 6.73. The van der Waals surface area contributed by atoms with Gasteiger partial charge in [-0.05, 0) is 31.5 Å². The third-order valence-corrected chi connectivity index (χ3v) is 4.95. The first-order valence-electron chi connectivity index (χ1n) is 7.50. The Morgan fingerprint density at radius 2 is 2.16 bits per heavy atom. The molecule has 0 saturated heterocycles. The van der Waals surface area contributed by atoms with Crippen LogP contribution in [0.1, 0.15) is 18.4 Å². The van der Waals surface area contributed by atoms with E-state index in [1.165, 1.54) is 12.1 Å². The number of nitrogens with one attached hydrogen (secondary N) is 1. The lowest BCUT2D eigenvalue weighted by Crippen LogP contribution is -2.23. The summed E-state index contributed by atoms with van der Waals surface area (Å²) in [6.07, 6.45) is 3.35. The molecule has 0 radical (unpaired) electrons. The molecule has 1 N–H and O–H groups in total. The second-order valence-corrected chi connectivity index (χ2v) is 7.10. The van der Waals surface area contributed by atoms with Gasteiger partial charge >= 0.3 is 0 Å². The van der Waals surface area contributed by atoms with Crippen LogP contribution in [0.5, 0.6) is 0 Å². The first kappa shape index (κ1) is 17.2. The molecule has 0 unspecified atom stereocenters. The van der Waals surface area contributed by atoms with Gasteiger partial charge < -0.3 is 4.52 Å². The van der Waals surface area contributed by atoms with Gasteiger partial charge in [-0.3, -0.25) is 4.68 Å². The molecule has 0 aliphatic carbocycles. The Hall–Kier alpha value is -2.59. The Kier molecular flexibility index (Phi) is 4.64. The lowest BCUT2D eigenvalue weighted by atomic mass is 10.2. The van der Waals surface area contributed by atoms with Crippen LogP contribution < -0.4 is 4.72 Å². The van der Waals surface area contributed by atoms with Crippen molar-refractivity contribution in [3.05, 3.63) is 47.9 Å². The fourth-order valence-corrected chi connectivity index (χ4v) is 3.06. The molecule has 132 valence electrons. The minimum Gasteiger partial charge on any atom is -0.338 e.